The molecule has 0 radical (unpaired) electrons. The van der Waals surface area contributed by atoms with Crippen molar-refractivity contribution >= 4 is 40.1 Å². The SMILES string of the molecule is C=CC(=O)N1CC(C)(Oc2ccc3ncnc(Oc4ccc(Cl)c(Cl)c4F)c3n2)C1. The van der Waals surface area contributed by atoms with Crippen LogP contribution in [0.2, 0.25) is 10.0 Å². The van der Waals surface area contributed by atoms with E-state index in [0.29, 0.717) is 24.5 Å². The van der Waals surface area contributed by atoms with E-state index >= 15 is 0 Å². The fourth-order valence-electron chi connectivity index (χ4n) is 3.09. The van der Waals surface area contributed by atoms with Crippen LogP contribution >= 0.6 is 23.2 Å². The first-order chi connectivity index (χ1) is 14.3. The second kappa shape index (κ2) is 7.70. The highest BCUT2D eigenvalue weighted by atomic mass is 35.5. The van der Waals surface area contributed by atoms with E-state index in [0.717, 1.165) is 0 Å². The van der Waals surface area contributed by atoms with Gasteiger partial charge in [0.15, 0.2) is 17.1 Å². The number of hydrogen-bond donors (Lipinski definition) is 0. The molecule has 7 nitrogen and oxygen atoms in total. The van der Waals surface area contributed by atoms with Gasteiger partial charge in [-0.2, -0.15) is 4.98 Å². The summed E-state index contributed by atoms with van der Waals surface area (Å²) in [5.74, 6) is -0.787. The molecule has 30 heavy (non-hydrogen) atoms. The molecule has 0 spiro atoms. The first kappa shape index (κ1) is 20.3. The number of pyridine rings is 1. The molecular formula is C20H15Cl2FN4O3. The lowest BCUT2D eigenvalue weighted by atomic mass is 9.96. The molecule has 4 rings (SSSR count). The molecule has 0 N–H and O–H groups in total. The van der Waals surface area contributed by atoms with Crippen molar-refractivity contribution in [3.05, 3.63) is 59.1 Å². The first-order valence-electron chi connectivity index (χ1n) is 8.83. The van der Waals surface area contributed by atoms with Crippen molar-refractivity contribution in [2.24, 2.45) is 0 Å². The summed E-state index contributed by atoms with van der Waals surface area (Å²) in [5.41, 5.74) is 0.170. The Kier molecular flexibility index (Phi) is 5.21. The molecule has 1 aliphatic heterocycles. The largest absolute Gasteiger partial charge is 0.468 e. The van der Waals surface area contributed by atoms with Crippen LogP contribution in [-0.4, -0.2) is 44.4 Å². The molecular weight excluding hydrogens is 434 g/mol. The summed E-state index contributed by atoms with van der Waals surface area (Å²) in [4.78, 5) is 25.9. The molecule has 0 aliphatic carbocycles. The number of fused-ring (bicyclic) bond motifs is 1. The summed E-state index contributed by atoms with van der Waals surface area (Å²) in [6.45, 7) is 6.15. The van der Waals surface area contributed by atoms with Gasteiger partial charge >= 0.3 is 0 Å². The lowest BCUT2D eigenvalue weighted by Crippen LogP contribution is -2.64. The van der Waals surface area contributed by atoms with Crippen LogP contribution < -0.4 is 9.47 Å². The van der Waals surface area contributed by atoms with Gasteiger partial charge in [0.2, 0.25) is 17.7 Å². The number of carbonyl (C=O) groups excluding carboxylic acids is 1. The lowest BCUT2D eigenvalue weighted by molar-refractivity contribution is -0.143. The Morgan fingerprint density at radius 3 is 2.77 bits per heavy atom. The number of carbonyl (C=O) groups is 1. The Bertz CT molecular complexity index is 1170. The molecule has 0 unspecified atom stereocenters. The van der Waals surface area contributed by atoms with Crippen LogP contribution in [0.1, 0.15) is 6.92 Å². The van der Waals surface area contributed by atoms with Crippen molar-refractivity contribution in [3.63, 3.8) is 0 Å². The van der Waals surface area contributed by atoms with Crippen LogP contribution in [0.3, 0.4) is 0 Å². The van der Waals surface area contributed by atoms with E-state index in [9.17, 15) is 9.18 Å². The molecule has 1 aliphatic rings. The molecule has 3 aromatic rings. The van der Waals surface area contributed by atoms with Crippen molar-refractivity contribution in [2.75, 3.05) is 13.1 Å². The number of rotatable bonds is 5. The normalized spacial score (nSPS) is 14.9. The Labute approximate surface area is 181 Å². The maximum absolute atomic E-state index is 14.4. The quantitative estimate of drug-likeness (QED) is 0.424. The summed E-state index contributed by atoms with van der Waals surface area (Å²) >= 11 is 11.7. The number of benzene rings is 1. The van der Waals surface area contributed by atoms with Gasteiger partial charge in [-0.05, 0) is 31.2 Å². The van der Waals surface area contributed by atoms with Crippen LogP contribution in [0.15, 0.2) is 43.2 Å². The maximum Gasteiger partial charge on any atom is 0.249 e. The third-order valence-corrected chi connectivity index (χ3v) is 5.30. The molecule has 1 aromatic carbocycles. The summed E-state index contributed by atoms with van der Waals surface area (Å²) < 4.78 is 25.9. The van der Waals surface area contributed by atoms with Crippen LogP contribution in [0, 0.1) is 5.82 Å². The van der Waals surface area contributed by atoms with Gasteiger partial charge in [0.25, 0.3) is 0 Å². The second-order valence-corrected chi connectivity index (χ2v) is 7.71. The van der Waals surface area contributed by atoms with E-state index in [-0.39, 0.29) is 33.1 Å². The Balaban J connectivity index is 1.61. The molecule has 154 valence electrons. The standard InChI is InChI=1S/C20H15Cl2FN4O3/c1-3-15(28)27-8-20(2,9-27)30-14-7-5-12-18(26-14)19(25-10-24-12)29-13-6-4-11(21)16(22)17(13)23/h3-7,10H,1,8-9H2,2H3. The zero-order valence-electron chi connectivity index (χ0n) is 15.7. The summed E-state index contributed by atoms with van der Waals surface area (Å²) in [7, 11) is 0. The van der Waals surface area contributed by atoms with E-state index in [1.165, 1.54) is 24.5 Å². The van der Waals surface area contributed by atoms with Gasteiger partial charge in [0.05, 0.1) is 28.7 Å². The van der Waals surface area contributed by atoms with E-state index in [1.54, 1.807) is 17.0 Å². The number of aromatic nitrogens is 3. The average Bonchev–Trinajstić information content (AvgIpc) is 2.72. The van der Waals surface area contributed by atoms with Gasteiger partial charge in [-0.3, -0.25) is 4.79 Å². The number of likely N-dealkylation sites (tertiary alicyclic amines) is 1. The van der Waals surface area contributed by atoms with Crippen LogP contribution in [0.5, 0.6) is 17.5 Å². The minimum atomic E-state index is -0.808. The summed E-state index contributed by atoms with van der Waals surface area (Å²) in [6, 6.07) is 6.11. The van der Waals surface area contributed by atoms with Gasteiger partial charge in [0, 0.05) is 6.07 Å². The predicted molar refractivity (Wildman–Crippen MR) is 110 cm³/mol. The van der Waals surface area contributed by atoms with E-state index in [4.69, 9.17) is 32.7 Å². The topological polar surface area (TPSA) is 77.4 Å². The van der Waals surface area contributed by atoms with E-state index < -0.39 is 11.4 Å². The lowest BCUT2D eigenvalue weighted by Gasteiger charge is -2.46. The second-order valence-electron chi connectivity index (χ2n) is 6.92. The summed E-state index contributed by atoms with van der Waals surface area (Å²) in [6.07, 6.45) is 2.54. The van der Waals surface area contributed by atoms with Gasteiger partial charge in [-0.25, -0.2) is 14.4 Å². The van der Waals surface area contributed by atoms with Crippen molar-refractivity contribution in [3.8, 4) is 17.5 Å². The smallest absolute Gasteiger partial charge is 0.249 e. The van der Waals surface area contributed by atoms with Crippen molar-refractivity contribution < 1.29 is 18.7 Å². The third-order valence-electron chi connectivity index (χ3n) is 4.52. The maximum atomic E-state index is 14.4. The number of ether oxygens (including phenoxy) is 2. The van der Waals surface area contributed by atoms with Crippen LogP contribution in [0.4, 0.5) is 4.39 Å². The highest BCUT2D eigenvalue weighted by molar-refractivity contribution is 6.42. The number of halogens is 3. The van der Waals surface area contributed by atoms with Gasteiger partial charge in [-0.15, -0.1) is 0 Å². The average molecular weight is 449 g/mol. The molecule has 0 saturated carbocycles. The van der Waals surface area contributed by atoms with Crippen molar-refractivity contribution in [2.45, 2.75) is 12.5 Å². The zero-order valence-corrected chi connectivity index (χ0v) is 17.2. The zero-order chi connectivity index (χ0) is 21.5. The molecule has 1 saturated heterocycles. The third kappa shape index (κ3) is 3.76. The summed E-state index contributed by atoms with van der Waals surface area (Å²) in [5, 5.41) is -0.179. The Morgan fingerprint density at radius 2 is 2.03 bits per heavy atom. The van der Waals surface area contributed by atoms with Crippen LogP contribution in [0.25, 0.3) is 11.0 Å². The van der Waals surface area contributed by atoms with Gasteiger partial charge in [0.1, 0.15) is 11.9 Å². The first-order valence-corrected chi connectivity index (χ1v) is 9.59. The Morgan fingerprint density at radius 1 is 1.27 bits per heavy atom. The molecule has 3 heterocycles. The van der Waals surface area contributed by atoms with Crippen molar-refractivity contribution in [1.82, 2.24) is 19.9 Å². The minimum Gasteiger partial charge on any atom is -0.468 e. The van der Waals surface area contributed by atoms with Crippen LogP contribution in [-0.2, 0) is 4.79 Å². The fraction of sp³-hybridized carbons (Fsp3) is 0.200. The van der Waals surface area contributed by atoms with Gasteiger partial charge in [-0.1, -0.05) is 29.8 Å². The predicted octanol–water partition coefficient (Wildman–Crippen LogP) is 4.43. The molecule has 0 bridgehead atoms. The highest BCUT2D eigenvalue weighted by Gasteiger charge is 2.43. The van der Waals surface area contributed by atoms with E-state index in [1.807, 2.05) is 6.92 Å². The molecule has 2 aromatic heterocycles. The molecule has 1 amide bonds. The number of nitrogens with zero attached hydrogens (tertiary/aromatic N) is 4. The molecule has 10 heteroatoms. The minimum absolute atomic E-state index is 0.0324. The fourth-order valence-corrected chi connectivity index (χ4v) is 3.39. The number of amides is 1. The Hall–Kier alpha value is -2.97. The van der Waals surface area contributed by atoms with E-state index in [2.05, 4.69) is 21.5 Å². The molecule has 1 fully saturated rings. The monoisotopic (exact) mass is 448 g/mol. The molecule has 0 atom stereocenters. The van der Waals surface area contributed by atoms with Gasteiger partial charge < -0.3 is 14.4 Å². The number of hydrogen-bond acceptors (Lipinski definition) is 6. The van der Waals surface area contributed by atoms with Crippen molar-refractivity contribution in [1.29, 1.82) is 0 Å². The highest BCUT2D eigenvalue weighted by Crippen LogP contribution is 2.35.